The third-order valence-corrected chi connectivity index (χ3v) is 2.86. The van der Waals surface area contributed by atoms with E-state index in [2.05, 4.69) is 16.6 Å². The molecule has 2 aromatic rings. The summed E-state index contributed by atoms with van der Waals surface area (Å²) >= 11 is 0. The molecule has 0 aliphatic rings. The Labute approximate surface area is 149 Å². The van der Waals surface area contributed by atoms with Crippen LogP contribution in [0.3, 0.4) is 0 Å². The number of ether oxygens (including phenoxy) is 1. The Morgan fingerprint density at radius 1 is 1.04 bits per heavy atom. The molecule has 0 saturated carbocycles. The molecule has 25 heavy (non-hydrogen) atoms. The van der Waals surface area contributed by atoms with E-state index in [1.165, 1.54) is 0 Å². The average molecular weight is 339 g/mol. The highest BCUT2D eigenvalue weighted by atomic mass is 16.6. The van der Waals surface area contributed by atoms with E-state index in [9.17, 15) is 4.79 Å². The highest BCUT2D eigenvalue weighted by molar-refractivity contribution is 5.65. The summed E-state index contributed by atoms with van der Waals surface area (Å²) < 4.78 is 4.58. The first kappa shape index (κ1) is 20.3. The monoisotopic (exact) mass is 339 g/mol. The van der Waals surface area contributed by atoms with Crippen LogP contribution in [0.15, 0.2) is 54.6 Å². The summed E-state index contributed by atoms with van der Waals surface area (Å²) in [5, 5.41) is 8.88. The number of carbonyl (C=O) groups excluding carboxylic acids is 1. The summed E-state index contributed by atoms with van der Waals surface area (Å²) in [5.41, 5.74) is 7.38. The molecule has 0 aliphatic heterocycles. The highest BCUT2D eigenvalue weighted by Crippen LogP contribution is 2.06. The molecule has 2 aromatic carbocycles. The van der Waals surface area contributed by atoms with Crippen LogP contribution in [-0.4, -0.2) is 23.4 Å². The molecule has 0 radical (unpaired) electrons. The summed E-state index contributed by atoms with van der Waals surface area (Å²) in [6, 6.07) is 17.9. The number of nitrogens with two attached hydrogens (primary N) is 1. The number of benzene rings is 2. The van der Waals surface area contributed by atoms with Crippen LogP contribution >= 0.6 is 0 Å². The fourth-order valence-electron chi connectivity index (χ4n) is 1.90. The first-order valence-corrected chi connectivity index (χ1v) is 8.05. The molecule has 0 spiro atoms. The number of aliphatic hydroxyl groups is 1. The van der Waals surface area contributed by atoms with Crippen molar-refractivity contribution in [3.05, 3.63) is 71.3 Å². The number of hydrogen-bond acceptors (Lipinski definition) is 3. The van der Waals surface area contributed by atoms with E-state index in [4.69, 9.17) is 10.8 Å². The summed E-state index contributed by atoms with van der Waals surface area (Å²) in [4.78, 5) is 10.0. The van der Waals surface area contributed by atoms with Crippen molar-refractivity contribution in [3.8, 4) is 11.8 Å². The second kappa shape index (κ2) is 10.2. The molecule has 0 fully saturated rings. The van der Waals surface area contributed by atoms with Gasteiger partial charge in [0, 0.05) is 17.7 Å². The van der Waals surface area contributed by atoms with Crippen molar-refractivity contribution in [2.75, 3.05) is 6.61 Å². The molecule has 0 unspecified atom stereocenters. The van der Waals surface area contributed by atoms with Gasteiger partial charge in [0.15, 0.2) is 0 Å². The van der Waals surface area contributed by atoms with Crippen molar-refractivity contribution < 1.29 is 14.6 Å². The van der Waals surface area contributed by atoms with Gasteiger partial charge in [-0.3, -0.25) is 0 Å². The number of carbonyl (C=O) groups is 1. The second-order valence-corrected chi connectivity index (χ2v) is 6.32. The van der Waals surface area contributed by atoms with Gasteiger partial charge in [-0.15, -0.1) is 0 Å². The van der Waals surface area contributed by atoms with Crippen LogP contribution in [-0.2, 0) is 11.2 Å². The average Bonchev–Trinajstić information content (AvgIpc) is 2.53. The molecule has 2 rings (SSSR count). The van der Waals surface area contributed by atoms with Crippen molar-refractivity contribution in [1.29, 1.82) is 0 Å². The summed E-state index contributed by atoms with van der Waals surface area (Å²) in [5.74, 6) is 6.25. The van der Waals surface area contributed by atoms with E-state index in [1.54, 1.807) is 20.8 Å². The third-order valence-electron chi connectivity index (χ3n) is 2.86. The smallest absolute Gasteiger partial charge is 0.405 e. The molecule has 0 aliphatic carbocycles. The predicted octanol–water partition coefficient (Wildman–Crippen LogP) is 3.50. The topological polar surface area (TPSA) is 72.5 Å². The molecule has 4 nitrogen and oxygen atoms in total. The van der Waals surface area contributed by atoms with Gasteiger partial charge in [-0.1, -0.05) is 42.2 Å². The molecule has 132 valence electrons. The lowest BCUT2D eigenvalue weighted by molar-refractivity contribution is 0.0600. The lowest BCUT2D eigenvalue weighted by Gasteiger charge is -2.16. The number of primary amides is 1. The lowest BCUT2D eigenvalue weighted by atomic mass is 10.1. The number of hydrogen-bond donors (Lipinski definition) is 2. The SMILES string of the molecule is CC(C)(C)OC(N)=O.OCCc1cccc(C#Cc2ccccc2)c1. The zero-order valence-electron chi connectivity index (χ0n) is 15.0. The third kappa shape index (κ3) is 9.85. The summed E-state index contributed by atoms with van der Waals surface area (Å²) in [6.45, 7) is 5.46. The Bertz CT molecular complexity index is 722. The van der Waals surface area contributed by atoms with E-state index in [0.717, 1.165) is 16.7 Å². The van der Waals surface area contributed by atoms with E-state index >= 15 is 0 Å². The van der Waals surface area contributed by atoms with Crippen molar-refractivity contribution in [3.63, 3.8) is 0 Å². The van der Waals surface area contributed by atoms with Gasteiger partial charge in [0.05, 0.1) is 0 Å². The zero-order valence-corrected chi connectivity index (χ0v) is 15.0. The fraction of sp³-hybridized carbons (Fsp3) is 0.286. The van der Waals surface area contributed by atoms with Gasteiger partial charge in [-0.05, 0) is 57.0 Å². The maximum absolute atomic E-state index is 10.0. The number of rotatable bonds is 2. The van der Waals surface area contributed by atoms with Crippen molar-refractivity contribution in [1.82, 2.24) is 0 Å². The molecule has 0 atom stereocenters. The largest absolute Gasteiger partial charge is 0.444 e. The van der Waals surface area contributed by atoms with E-state index in [1.807, 2.05) is 54.6 Å². The molecular weight excluding hydrogens is 314 g/mol. The predicted molar refractivity (Wildman–Crippen MR) is 100 cm³/mol. The quantitative estimate of drug-likeness (QED) is 0.823. The molecule has 1 amide bonds. The van der Waals surface area contributed by atoms with Crippen molar-refractivity contribution in [2.24, 2.45) is 5.73 Å². The van der Waals surface area contributed by atoms with Gasteiger partial charge < -0.3 is 15.6 Å². The van der Waals surface area contributed by atoms with Crippen LogP contribution in [0, 0.1) is 11.8 Å². The normalized spacial score (nSPS) is 9.92. The molecular formula is C21H25NO3. The zero-order chi connectivity index (χ0) is 18.7. The van der Waals surface area contributed by atoms with Crippen LogP contribution in [0.2, 0.25) is 0 Å². The molecule has 0 saturated heterocycles. The van der Waals surface area contributed by atoms with Crippen molar-refractivity contribution in [2.45, 2.75) is 32.8 Å². The van der Waals surface area contributed by atoms with Gasteiger partial charge in [0.1, 0.15) is 5.60 Å². The molecule has 3 N–H and O–H groups in total. The maximum atomic E-state index is 10.0. The van der Waals surface area contributed by atoms with Gasteiger partial charge in [-0.2, -0.15) is 0 Å². The number of aliphatic hydroxyl groups excluding tert-OH is 1. The van der Waals surface area contributed by atoms with Gasteiger partial charge >= 0.3 is 6.09 Å². The first-order valence-electron chi connectivity index (χ1n) is 8.05. The molecule has 0 aromatic heterocycles. The number of amides is 1. The van der Waals surface area contributed by atoms with Crippen LogP contribution in [0.1, 0.15) is 37.5 Å². The van der Waals surface area contributed by atoms with Crippen LogP contribution in [0.25, 0.3) is 0 Å². The standard InChI is InChI=1S/C16H14O.C5H11NO2/c17-12-11-16-8-4-7-15(13-16)10-9-14-5-2-1-3-6-14;1-5(2,3)8-4(6)7/h1-8,13,17H,11-12H2;1-3H3,(H2,6,7). The van der Waals surface area contributed by atoms with Gasteiger partial charge in [-0.25, -0.2) is 4.79 Å². The van der Waals surface area contributed by atoms with E-state index in [0.29, 0.717) is 6.42 Å². The Hall–Kier alpha value is -2.77. The fourth-order valence-corrected chi connectivity index (χ4v) is 1.90. The Balaban J connectivity index is 0.000000333. The molecule has 0 bridgehead atoms. The highest BCUT2D eigenvalue weighted by Gasteiger charge is 2.12. The van der Waals surface area contributed by atoms with E-state index in [-0.39, 0.29) is 6.61 Å². The summed E-state index contributed by atoms with van der Waals surface area (Å²) in [7, 11) is 0. The van der Waals surface area contributed by atoms with Crippen LogP contribution < -0.4 is 5.73 Å². The van der Waals surface area contributed by atoms with Gasteiger partial charge in [0.2, 0.25) is 0 Å². The van der Waals surface area contributed by atoms with E-state index < -0.39 is 11.7 Å². The van der Waals surface area contributed by atoms with Crippen molar-refractivity contribution >= 4 is 6.09 Å². The maximum Gasteiger partial charge on any atom is 0.405 e. The first-order chi connectivity index (χ1) is 11.8. The van der Waals surface area contributed by atoms with Crippen LogP contribution in [0.5, 0.6) is 0 Å². The minimum Gasteiger partial charge on any atom is -0.444 e. The molecule has 0 heterocycles. The van der Waals surface area contributed by atoms with Crippen LogP contribution in [0.4, 0.5) is 4.79 Å². The summed E-state index contributed by atoms with van der Waals surface area (Å²) in [6.07, 6.45) is -0.0431. The van der Waals surface area contributed by atoms with Gasteiger partial charge in [0.25, 0.3) is 0 Å². The Kier molecular flexibility index (Phi) is 8.25. The lowest BCUT2D eigenvalue weighted by Crippen LogP contribution is -2.27. The minimum absolute atomic E-state index is 0.176. The second-order valence-electron chi connectivity index (χ2n) is 6.32. The Morgan fingerprint density at radius 3 is 2.16 bits per heavy atom. The Morgan fingerprint density at radius 2 is 1.64 bits per heavy atom. The minimum atomic E-state index is -0.725. The molecule has 4 heteroatoms.